The second kappa shape index (κ2) is 8.00. The van der Waals surface area contributed by atoms with E-state index in [0.29, 0.717) is 5.56 Å². The number of ether oxygens (including phenoxy) is 2. The van der Waals surface area contributed by atoms with Crippen molar-refractivity contribution in [2.45, 2.75) is 30.7 Å². The highest BCUT2D eigenvalue weighted by atomic mass is 16.7. The summed E-state index contributed by atoms with van der Waals surface area (Å²) in [5.74, 6) is -1.92. The second-order valence-corrected chi connectivity index (χ2v) is 7.01. The molecule has 0 saturated carbocycles. The second-order valence-electron chi connectivity index (χ2n) is 7.01. The van der Waals surface area contributed by atoms with Crippen LogP contribution in [0.2, 0.25) is 0 Å². The summed E-state index contributed by atoms with van der Waals surface area (Å²) < 4.78 is 16.2. The van der Waals surface area contributed by atoms with Gasteiger partial charge < -0.3 is 39.4 Å². The molecule has 5 N–H and O–H groups in total. The van der Waals surface area contributed by atoms with E-state index in [1.807, 2.05) is 0 Å². The normalized spacial score (nSPS) is 26.0. The van der Waals surface area contributed by atoms with Crippen LogP contribution >= 0.6 is 0 Å². The molecule has 1 aliphatic rings. The zero-order valence-corrected chi connectivity index (χ0v) is 15.8. The maximum Gasteiger partial charge on any atom is 0.335 e. The van der Waals surface area contributed by atoms with Gasteiger partial charge in [-0.15, -0.1) is 0 Å². The minimum Gasteiger partial charge on any atom is -0.507 e. The van der Waals surface area contributed by atoms with Crippen molar-refractivity contribution < 1.29 is 44.2 Å². The van der Waals surface area contributed by atoms with Crippen LogP contribution in [0.1, 0.15) is 0 Å². The monoisotopic (exact) mass is 430 g/mol. The summed E-state index contributed by atoms with van der Waals surface area (Å²) in [5, 5.41) is 49.1. The molecule has 3 aromatic rings. The predicted molar refractivity (Wildman–Crippen MR) is 105 cm³/mol. The van der Waals surface area contributed by atoms with Gasteiger partial charge in [-0.1, -0.05) is 30.3 Å². The van der Waals surface area contributed by atoms with Crippen molar-refractivity contribution in [3.8, 4) is 22.8 Å². The van der Waals surface area contributed by atoms with Gasteiger partial charge in [0.15, 0.2) is 11.5 Å². The Morgan fingerprint density at radius 1 is 0.968 bits per heavy atom. The van der Waals surface area contributed by atoms with Crippen molar-refractivity contribution in [1.82, 2.24) is 0 Å². The number of benzene rings is 2. The van der Waals surface area contributed by atoms with Gasteiger partial charge >= 0.3 is 5.97 Å². The molecule has 2 heterocycles. The first-order valence-electron chi connectivity index (χ1n) is 9.21. The van der Waals surface area contributed by atoms with Gasteiger partial charge in [0.05, 0.1) is 0 Å². The summed E-state index contributed by atoms with van der Waals surface area (Å²) in [6.07, 6.45) is -9.04. The van der Waals surface area contributed by atoms with E-state index in [1.54, 1.807) is 30.3 Å². The average molecular weight is 430 g/mol. The molecule has 0 spiro atoms. The molecule has 1 saturated heterocycles. The Morgan fingerprint density at radius 3 is 2.35 bits per heavy atom. The van der Waals surface area contributed by atoms with E-state index in [-0.39, 0.29) is 22.5 Å². The van der Waals surface area contributed by atoms with E-state index < -0.39 is 47.9 Å². The summed E-state index contributed by atoms with van der Waals surface area (Å²) in [6.45, 7) is 0. The summed E-state index contributed by atoms with van der Waals surface area (Å²) in [5.41, 5.74) is 0.101. The molecule has 5 atom stereocenters. The van der Waals surface area contributed by atoms with Crippen LogP contribution in [0.3, 0.4) is 0 Å². The molecule has 31 heavy (non-hydrogen) atoms. The number of carboxylic acids is 1. The number of hydrogen-bond acceptors (Lipinski definition) is 9. The van der Waals surface area contributed by atoms with Gasteiger partial charge in [-0.2, -0.15) is 0 Å². The zero-order valence-electron chi connectivity index (χ0n) is 15.8. The SMILES string of the molecule is O=C(O)[C@@H]1O[C@@H](Oc2cc(O)c3c(=O)cc(-c4ccccc4)oc3c2)[C@@H](O)[C@H](O)[C@H]1O. The van der Waals surface area contributed by atoms with Crippen LogP contribution in [0.25, 0.3) is 22.3 Å². The van der Waals surface area contributed by atoms with Gasteiger partial charge in [0.2, 0.25) is 6.29 Å². The van der Waals surface area contributed by atoms with E-state index in [1.165, 1.54) is 12.1 Å². The van der Waals surface area contributed by atoms with Crippen LogP contribution < -0.4 is 10.2 Å². The molecule has 1 aromatic heterocycles. The molecular weight excluding hydrogens is 412 g/mol. The van der Waals surface area contributed by atoms with Gasteiger partial charge in [-0.05, 0) is 0 Å². The topological polar surface area (TPSA) is 167 Å². The van der Waals surface area contributed by atoms with Crippen LogP contribution in [-0.2, 0) is 9.53 Å². The van der Waals surface area contributed by atoms with E-state index in [0.717, 1.165) is 6.07 Å². The lowest BCUT2D eigenvalue weighted by atomic mass is 9.99. The fourth-order valence-electron chi connectivity index (χ4n) is 3.34. The van der Waals surface area contributed by atoms with Crippen molar-refractivity contribution in [1.29, 1.82) is 0 Å². The standard InChI is InChI=1S/C21H18O10/c22-11-6-10(29-21-18(26)16(24)17(25)19(31-21)20(27)28)7-14-15(11)12(23)8-13(30-14)9-4-2-1-3-5-9/h1-8,16-19,21-22,24-26H,(H,27,28)/t16-,17-,18+,19-,21-/m1/s1. The number of aromatic hydroxyl groups is 1. The number of carbonyl (C=O) groups is 1. The van der Waals surface area contributed by atoms with Gasteiger partial charge in [0, 0.05) is 23.8 Å². The Bertz CT molecular complexity index is 1170. The highest BCUT2D eigenvalue weighted by molar-refractivity contribution is 5.86. The summed E-state index contributed by atoms with van der Waals surface area (Å²) in [7, 11) is 0. The summed E-state index contributed by atoms with van der Waals surface area (Å²) >= 11 is 0. The number of hydrogen-bond donors (Lipinski definition) is 5. The molecule has 0 radical (unpaired) electrons. The Balaban J connectivity index is 1.71. The largest absolute Gasteiger partial charge is 0.507 e. The maximum atomic E-state index is 12.5. The number of carboxylic acid groups (broad SMARTS) is 1. The van der Waals surface area contributed by atoms with Crippen molar-refractivity contribution in [2.75, 3.05) is 0 Å². The number of fused-ring (bicyclic) bond motifs is 1. The first-order valence-corrected chi connectivity index (χ1v) is 9.21. The van der Waals surface area contributed by atoms with Crippen molar-refractivity contribution in [3.63, 3.8) is 0 Å². The van der Waals surface area contributed by atoms with Crippen molar-refractivity contribution in [2.24, 2.45) is 0 Å². The molecular formula is C21H18O10. The molecule has 1 fully saturated rings. The van der Waals surface area contributed by atoms with E-state index >= 15 is 0 Å². The number of aliphatic hydroxyl groups excluding tert-OH is 3. The first-order chi connectivity index (χ1) is 14.8. The molecule has 4 rings (SSSR count). The van der Waals surface area contributed by atoms with Crippen LogP contribution in [0, 0.1) is 0 Å². The summed E-state index contributed by atoms with van der Waals surface area (Å²) in [6, 6.07) is 12.3. The third-order valence-electron chi connectivity index (χ3n) is 4.91. The summed E-state index contributed by atoms with van der Waals surface area (Å²) in [4.78, 5) is 23.7. The molecule has 10 nitrogen and oxygen atoms in total. The van der Waals surface area contributed by atoms with Crippen LogP contribution in [0.15, 0.2) is 57.7 Å². The van der Waals surface area contributed by atoms with Gasteiger partial charge in [0.1, 0.15) is 46.5 Å². The van der Waals surface area contributed by atoms with Gasteiger partial charge in [0.25, 0.3) is 0 Å². The molecule has 162 valence electrons. The number of aliphatic hydroxyl groups is 3. The van der Waals surface area contributed by atoms with E-state index in [9.17, 15) is 30.0 Å². The molecule has 2 aromatic carbocycles. The zero-order chi connectivity index (χ0) is 22.3. The Labute approximate surface area is 174 Å². The molecule has 0 aliphatic carbocycles. The Kier molecular flexibility index (Phi) is 5.38. The van der Waals surface area contributed by atoms with Crippen molar-refractivity contribution in [3.05, 3.63) is 58.8 Å². The van der Waals surface area contributed by atoms with Crippen LogP contribution in [0.5, 0.6) is 11.5 Å². The lowest BCUT2D eigenvalue weighted by Gasteiger charge is -2.38. The van der Waals surface area contributed by atoms with E-state index in [2.05, 4.69) is 0 Å². The smallest absolute Gasteiger partial charge is 0.335 e. The lowest BCUT2D eigenvalue weighted by Crippen LogP contribution is -2.61. The number of phenols is 1. The average Bonchev–Trinajstić information content (AvgIpc) is 2.74. The molecule has 0 amide bonds. The number of rotatable bonds is 4. The fourth-order valence-corrected chi connectivity index (χ4v) is 3.34. The first kappa shape index (κ1) is 20.8. The van der Waals surface area contributed by atoms with E-state index in [4.69, 9.17) is 19.0 Å². The predicted octanol–water partition coefficient (Wildman–Crippen LogP) is 0.437. The number of phenolic OH excluding ortho intramolecular Hbond substituents is 1. The minimum atomic E-state index is -1.87. The van der Waals surface area contributed by atoms with Crippen molar-refractivity contribution >= 4 is 16.9 Å². The fraction of sp³-hybridized carbons (Fsp3) is 0.238. The quantitative estimate of drug-likeness (QED) is 0.392. The highest BCUT2D eigenvalue weighted by Crippen LogP contribution is 2.33. The van der Waals surface area contributed by atoms with Gasteiger partial charge in [-0.25, -0.2) is 4.79 Å². The lowest BCUT2D eigenvalue weighted by molar-refractivity contribution is -0.271. The maximum absolute atomic E-state index is 12.5. The third kappa shape index (κ3) is 3.84. The van der Waals surface area contributed by atoms with Gasteiger partial charge in [-0.3, -0.25) is 4.79 Å². The number of aliphatic carboxylic acids is 1. The van der Waals surface area contributed by atoms with Crippen LogP contribution in [-0.4, -0.2) is 62.2 Å². The Hall–Kier alpha value is -3.44. The molecule has 10 heteroatoms. The Morgan fingerprint density at radius 2 is 1.68 bits per heavy atom. The van der Waals surface area contributed by atoms with Crippen LogP contribution in [0.4, 0.5) is 0 Å². The third-order valence-corrected chi connectivity index (χ3v) is 4.91. The molecule has 0 bridgehead atoms. The molecule has 0 unspecified atom stereocenters. The molecule has 1 aliphatic heterocycles. The highest BCUT2D eigenvalue weighted by Gasteiger charge is 2.48. The minimum absolute atomic E-state index is 0.0259.